The van der Waals surface area contributed by atoms with Crippen LogP contribution in [0.2, 0.25) is 0 Å². The highest BCUT2D eigenvalue weighted by Gasteiger charge is 2.19. The van der Waals surface area contributed by atoms with Crippen molar-refractivity contribution >= 4 is 71.6 Å². The highest BCUT2D eigenvalue weighted by molar-refractivity contribution is 6.15. The van der Waals surface area contributed by atoms with E-state index in [9.17, 15) is 0 Å². The number of hydrogen-bond acceptors (Lipinski definition) is 2. The predicted molar refractivity (Wildman–Crippen MR) is 257 cm³/mol. The first-order valence-corrected chi connectivity index (χ1v) is 20.8. The molecular weight excluding hydrogens is 741 g/mol. The van der Waals surface area contributed by atoms with Crippen molar-refractivity contribution in [1.29, 1.82) is 0 Å². The number of fused-ring (bicyclic) bond motifs is 8. The van der Waals surface area contributed by atoms with Gasteiger partial charge in [-0.25, -0.2) is 0 Å². The van der Waals surface area contributed by atoms with Crippen molar-refractivity contribution in [1.82, 2.24) is 4.57 Å². The van der Waals surface area contributed by atoms with Crippen LogP contribution in [-0.4, -0.2) is 4.57 Å². The average molecular weight is 779 g/mol. The van der Waals surface area contributed by atoms with E-state index in [0.29, 0.717) is 0 Å². The second kappa shape index (κ2) is 14.3. The number of anilines is 3. The number of benzene rings is 10. The molecule has 0 saturated heterocycles. The third-order valence-corrected chi connectivity index (χ3v) is 12.1. The standard InChI is InChI=1S/C58H38N2O/c1-3-14-39(15-4-1)44-34-45(40-16-5-2-6-17-40)37-49(36-44)59(48-31-33-53-54-32-28-42-18-7-8-21-50(42)58(54)61-57(53)38-48)46-29-26-41(27-30-46)43-19-13-20-47(35-43)60-55-24-11-9-22-51(55)52-23-10-12-25-56(52)60/h1-38H. The van der Waals surface area contributed by atoms with E-state index in [1.807, 2.05) is 0 Å². The van der Waals surface area contributed by atoms with Gasteiger partial charge < -0.3 is 13.9 Å². The Labute approximate surface area is 353 Å². The molecule has 3 nitrogen and oxygen atoms in total. The minimum absolute atomic E-state index is 0.856. The first-order chi connectivity index (χ1) is 30.2. The third-order valence-electron chi connectivity index (χ3n) is 12.1. The van der Waals surface area contributed by atoms with E-state index in [2.05, 4.69) is 240 Å². The molecule has 286 valence electrons. The van der Waals surface area contributed by atoms with Gasteiger partial charge in [-0.3, -0.25) is 0 Å². The van der Waals surface area contributed by atoms with Gasteiger partial charge in [-0.05, 0) is 112 Å². The van der Waals surface area contributed by atoms with E-state index >= 15 is 0 Å². The van der Waals surface area contributed by atoms with E-state index < -0.39 is 0 Å². The second-order valence-electron chi connectivity index (χ2n) is 15.7. The summed E-state index contributed by atoms with van der Waals surface area (Å²) in [6.45, 7) is 0. The Morgan fingerprint density at radius 1 is 0.311 bits per heavy atom. The van der Waals surface area contributed by atoms with Crippen LogP contribution in [-0.2, 0) is 0 Å². The van der Waals surface area contributed by atoms with Crippen LogP contribution in [0.15, 0.2) is 235 Å². The Hall–Kier alpha value is -8.14. The maximum atomic E-state index is 6.76. The molecule has 0 aliphatic heterocycles. The predicted octanol–water partition coefficient (Wildman–Crippen LogP) is 16.3. The summed E-state index contributed by atoms with van der Waals surface area (Å²) >= 11 is 0. The molecule has 0 bridgehead atoms. The molecule has 2 aromatic heterocycles. The molecule has 0 spiro atoms. The fourth-order valence-electron chi connectivity index (χ4n) is 9.24. The Bertz CT molecular complexity index is 3470. The molecule has 0 saturated carbocycles. The summed E-state index contributed by atoms with van der Waals surface area (Å²) in [7, 11) is 0. The van der Waals surface area contributed by atoms with Crippen LogP contribution in [0.4, 0.5) is 17.1 Å². The molecule has 0 aliphatic carbocycles. The van der Waals surface area contributed by atoms with Gasteiger partial charge in [0, 0.05) is 55.7 Å². The molecule has 0 unspecified atom stereocenters. The lowest BCUT2D eigenvalue weighted by Gasteiger charge is -2.27. The van der Waals surface area contributed by atoms with Crippen LogP contribution in [0.1, 0.15) is 0 Å². The van der Waals surface area contributed by atoms with Crippen LogP contribution < -0.4 is 4.90 Å². The average Bonchev–Trinajstić information content (AvgIpc) is 3.88. The molecule has 3 heteroatoms. The van der Waals surface area contributed by atoms with Crippen LogP contribution in [0.3, 0.4) is 0 Å². The van der Waals surface area contributed by atoms with Crippen molar-refractivity contribution in [2.24, 2.45) is 0 Å². The molecular formula is C58H38N2O. The monoisotopic (exact) mass is 778 g/mol. The van der Waals surface area contributed by atoms with Gasteiger partial charge in [0.2, 0.25) is 0 Å². The van der Waals surface area contributed by atoms with Crippen molar-refractivity contribution in [2.75, 3.05) is 4.90 Å². The van der Waals surface area contributed by atoms with Gasteiger partial charge in [0.25, 0.3) is 0 Å². The van der Waals surface area contributed by atoms with Gasteiger partial charge in [0.05, 0.1) is 11.0 Å². The maximum absolute atomic E-state index is 6.76. The fraction of sp³-hybridized carbons (Fsp3) is 0. The molecule has 12 aromatic rings. The number of nitrogens with zero attached hydrogens (tertiary/aromatic N) is 2. The number of hydrogen-bond donors (Lipinski definition) is 0. The Kier molecular flexibility index (Phi) is 8.17. The largest absolute Gasteiger partial charge is 0.455 e. The summed E-state index contributed by atoms with van der Waals surface area (Å²) < 4.78 is 9.14. The summed E-state index contributed by atoms with van der Waals surface area (Å²) in [5.74, 6) is 0. The Morgan fingerprint density at radius 2 is 0.869 bits per heavy atom. The van der Waals surface area contributed by atoms with Crippen molar-refractivity contribution in [3.05, 3.63) is 231 Å². The zero-order valence-electron chi connectivity index (χ0n) is 33.2. The van der Waals surface area contributed by atoms with Gasteiger partial charge in [-0.15, -0.1) is 0 Å². The van der Waals surface area contributed by atoms with Crippen molar-refractivity contribution in [3.8, 4) is 39.1 Å². The molecule has 0 N–H and O–H groups in total. The van der Waals surface area contributed by atoms with Crippen LogP contribution in [0.25, 0.3) is 93.6 Å². The number of rotatable bonds is 7. The van der Waals surface area contributed by atoms with E-state index in [0.717, 1.165) is 72.3 Å². The molecule has 10 aromatic carbocycles. The van der Waals surface area contributed by atoms with E-state index in [-0.39, 0.29) is 0 Å². The fourth-order valence-corrected chi connectivity index (χ4v) is 9.24. The smallest absolute Gasteiger partial charge is 0.143 e. The Balaban J connectivity index is 1.02. The second-order valence-corrected chi connectivity index (χ2v) is 15.7. The molecule has 0 fully saturated rings. The van der Waals surface area contributed by atoms with E-state index in [1.165, 1.54) is 38.3 Å². The van der Waals surface area contributed by atoms with Crippen molar-refractivity contribution in [2.45, 2.75) is 0 Å². The molecule has 0 radical (unpaired) electrons. The van der Waals surface area contributed by atoms with Crippen LogP contribution in [0.5, 0.6) is 0 Å². The van der Waals surface area contributed by atoms with Crippen molar-refractivity contribution in [3.63, 3.8) is 0 Å². The molecule has 0 aliphatic rings. The first-order valence-electron chi connectivity index (χ1n) is 20.8. The summed E-state index contributed by atoms with van der Waals surface area (Å²) in [4.78, 5) is 2.36. The quantitative estimate of drug-likeness (QED) is 0.161. The zero-order chi connectivity index (χ0) is 40.3. The van der Waals surface area contributed by atoms with Gasteiger partial charge >= 0.3 is 0 Å². The third kappa shape index (κ3) is 5.98. The van der Waals surface area contributed by atoms with Crippen LogP contribution >= 0.6 is 0 Å². The molecule has 2 heterocycles. The molecule has 61 heavy (non-hydrogen) atoms. The van der Waals surface area contributed by atoms with Gasteiger partial charge in [0.15, 0.2) is 0 Å². The minimum Gasteiger partial charge on any atom is -0.455 e. The van der Waals surface area contributed by atoms with E-state index in [1.54, 1.807) is 0 Å². The number of aromatic nitrogens is 1. The molecule has 0 atom stereocenters. The summed E-state index contributed by atoms with van der Waals surface area (Å²) in [5.41, 5.74) is 15.4. The zero-order valence-corrected chi connectivity index (χ0v) is 33.2. The van der Waals surface area contributed by atoms with Gasteiger partial charge in [-0.1, -0.05) is 152 Å². The van der Waals surface area contributed by atoms with Gasteiger partial charge in [0.1, 0.15) is 11.2 Å². The van der Waals surface area contributed by atoms with E-state index in [4.69, 9.17) is 4.42 Å². The minimum atomic E-state index is 0.856. The SMILES string of the molecule is c1ccc(-c2cc(-c3ccccc3)cc(N(c3ccc(-c4cccc(-n5c6ccccc6c6ccccc65)c4)cc3)c3ccc4c(c3)oc3c5ccccc5ccc43)c2)cc1. The van der Waals surface area contributed by atoms with Crippen LogP contribution in [0, 0.1) is 0 Å². The first kappa shape index (κ1) is 34.9. The normalized spacial score (nSPS) is 11.6. The topological polar surface area (TPSA) is 21.3 Å². The lowest BCUT2D eigenvalue weighted by atomic mass is 9.97. The summed E-state index contributed by atoms with van der Waals surface area (Å²) in [6, 6.07) is 82.9. The number of furan rings is 1. The van der Waals surface area contributed by atoms with Gasteiger partial charge in [-0.2, -0.15) is 0 Å². The van der Waals surface area contributed by atoms with Crippen molar-refractivity contribution < 1.29 is 4.42 Å². The lowest BCUT2D eigenvalue weighted by Crippen LogP contribution is -2.10. The summed E-state index contributed by atoms with van der Waals surface area (Å²) in [6.07, 6.45) is 0. The highest BCUT2D eigenvalue weighted by Crippen LogP contribution is 2.43. The maximum Gasteiger partial charge on any atom is 0.143 e. The lowest BCUT2D eigenvalue weighted by molar-refractivity contribution is 0.672. The number of para-hydroxylation sites is 2. The Morgan fingerprint density at radius 3 is 1.56 bits per heavy atom. The highest BCUT2D eigenvalue weighted by atomic mass is 16.3. The molecule has 0 amide bonds. The summed E-state index contributed by atoms with van der Waals surface area (Å²) in [5, 5.41) is 7.03. The molecule has 12 rings (SSSR count).